The fraction of sp³-hybridized carbons (Fsp3) is 1.00. The molecule has 5 nitrogen and oxygen atoms in total. The summed E-state index contributed by atoms with van der Waals surface area (Å²) < 4.78 is 29.9. The minimum atomic E-state index is 0.325. The van der Waals surface area contributed by atoms with E-state index in [9.17, 15) is 0 Å². The van der Waals surface area contributed by atoms with Gasteiger partial charge in [-0.2, -0.15) is 0 Å². The largest absolute Gasteiger partial charge is 0.381 e. The molecule has 0 N–H and O–H groups in total. The van der Waals surface area contributed by atoms with E-state index >= 15 is 0 Å². The summed E-state index contributed by atoms with van der Waals surface area (Å²) in [4.78, 5) is 0. The van der Waals surface area contributed by atoms with Crippen LogP contribution < -0.4 is 0 Å². The monoisotopic (exact) mass is 1110 g/mol. The first-order chi connectivity index (χ1) is 37.8. The fourth-order valence-corrected chi connectivity index (χ4v) is 21.5. The van der Waals surface area contributed by atoms with Gasteiger partial charge >= 0.3 is 0 Å². The number of ether oxygens (including phenoxy) is 5. The Labute approximate surface area is 492 Å². The van der Waals surface area contributed by atoms with Crippen molar-refractivity contribution in [3.63, 3.8) is 0 Å². The lowest BCUT2D eigenvalue weighted by atomic mass is 9.47. The lowest BCUT2D eigenvalue weighted by molar-refractivity contribution is -0.188. The third kappa shape index (κ3) is 15.3. The van der Waals surface area contributed by atoms with Gasteiger partial charge in [0, 0.05) is 33.0 Å². The van der Waals surface area contributed by atoms with Gasteiger partial charge in [-0.05, 0) is 223 Å². The molecule has 11 saturated carbocycles. The molecule has 11 aliphatic carbocycles. The maximum absolute atomic E-state index is 6.40. The summed E-state index contributed by atoms with van der Waals surface area (Å²) in [5.41, 5.74) is 4.67. The molecule has 0 aromatic carbocycles. The molecule has 0 aromatic heterocycles. The van der Waals surface area contributed by atoms with Gasteiger partial charge in [-0.25, -0.2) is 0 Å². The van der Waals surface area contributed by atoms with Crippen LogP contribution in [0.3, 0.4) is 0 Å². The molecule has 0 heterocycles. The summed E-state index contributed by atoms with van der Waals surface area (Å²) in [5.74, 6) is 3.76. The molecule has 11 aliphatic rings. The van der Waals surface area contributed by atoms with E-state index in [4.69, 9.17) is 23.7 Å². The van der Waals surface area contributed by atoms with Crippen LogP contribution in [0, 0.1) is 72.4 Å². The van der Waals surface area contributed by atoms with E-state index in [1.165, 1.54) is 238 Å². The van der Waals surface area contributed by atoms with Crippen molar-refractivity contribution in [1.82, 2.24) is 0 Å². The Morgan fingerprint density at radius 3 is 1.15 bits per heavy atom. The normalized spacial score (nSPS) is 34.4. The highest BCUT2D eigenvalue weighted by Crippen LogP contribution is 2.72. The Hall–Kier alpha value is -0.200. The third-order valence-electron chi connectivity index (χ3n) is 26.1. The molecule has 7 unspecified atom stereocenters. The molecular formula is C74H136O5. The first-order valence-electron chi connectivity index (χ1n) is 35.8. The second-order valence-corrected chi connectivity index (χ2v) is 32.3. The summed E-state index contributed by atoms with van der Waals surface area (Å²) in [6, 6.07) is 0. The highest BCUT2D eigenvalue weighted by atomic mass is 16.5. The second-order valence-electron chi connectivity index (χ2n) is 32.3. The van der Waals surface area contributed by atoms with Crippen molar-refractivity contribution in [3.8, 4) is 0 Å². The van der Waals surface area contributed by atoms with Crippen LogP contribution in [0.15, 0.2) is 0 Å². The summed E-state index contributed by atoms with van der Waals surface area (Å²) in [7, 11) is 0. The third-order valence-corrected chi connectivity index (χ3v) is 26.1. The van der Waals surface area contributed by atoms with Crippen LogP contribution in [0.25, 0.3) is 0 Å². The van der Waals surface area contributed by atoms with Gasteiger partial charge in [0.2, 0.25) is 0 Å². The van der Waals surface area contributed by atoms with Crippen LogP contribution in [-0.2, 0) is 23.7 Å². The van der Waals surface area contributed by atoms with Gasteiger partial charge in [0.05, 0.1) is 31.5 Å². The highest BCUT2D eigenvalue weighted by Gasteiger charge is 2.67. The molecule has 5 heteroatoms. The lowest BCUT2D eigenvalue weighted by Crippen LogP contribution is -2.57. The maximum Gasteiger partial charge on any atom is 0.0681 e. The molecule has 4 bridgehead atoms. The highest BCUT2D eigenvalue weighted by molar-refractivity contribution is 5.17. The predicted octanol–water partition coefficient (Wildman–Crippen LogP) is 21.7. The molecule has 0 saturated heterocycles. The van der Waals surface area contributed by atoms with Crippen molar-refractivity contribution in [1.29, 1.82) is 0 Å². The Morgan fingerprint density at radius 1 is 0.342 bits per heavy atom. The molecule has 462 valence electrons. The Balaban J connectivity index is 0.000000145. The van der Waals surface area contributed by atoms with E-state index in [1.807, 2.05) is 0 Å². The lowest BCUT2D eigenvalue weighted by Gasteiger charge is -2.61. The van der Waals surface area contributed by atoms with Crippen LogP contribution in [0.2, 0.25) is 0 Å². The minimum absolute atomic E-state index is 0.325. The van der Waals surface area contributed by atoms with Gasteiger partial charge in [0.1, 0.15) is 0 Å². The second kappa shape index (κ2) is 29.5. The van der Waals surface area contributed by atoms with Crippen molar-refractivity contribution in [2.45, 2.75) is 352 Å². The van der Waals surface area contributed by atoms with Gasteiger partial charge < -0.3 is 23.7 Å². The van der Waals surface area contributed by atoms with Crippen LogP contribution in [0.5, 0.6) is 0 Å². The van der Waals surface area contributed by atoms with Crippen molar-refractivity contribution in [3.05, 3.63) is 0 Å². The van der Waals surface area contributed by atoms with Gasteiger partial charge in [-0.15, -0.1) is 0 Å². The van der Waals surface area contributed by atoms with E-state index in [0.29, 0.717) is 61.6 Å². The average molecular weight is 1110 g/mol. The molecule has 7 atom stereocenters. The molecule has 0 aromatic rings. The first kappa shape index (κ1) is 66.3. The SMILES string of the molecule is CCOC1C(C)(C)CCC2(CCCCC2)C1(C)C.CCOC1C2CC(CC23CCCCC3)C1(C)C.CCOC1C2CC(CC23CCCCC3)C12CCCC2.CCOCC1(C)CCCCCC1.CCOCC1(C)CCCCCCC1. The first-order valence-corrected chi connectivity index (χ1v) is 35.8. The van der Waals surface area contributed by atoms with Crippen LogP contribution >= 0.6 is 0 Å². The molecule has 11 rings (SSSR count). The number of hydrogen-bond donors (Lipinski definition) is 0. The Bertz CT molecular complexity index is 1700. The van der Waals surface area contributed by atoms with E-state index in [2.05, 4.69) is 90.0 Å². The number of hydrogen-bond acceptors (Lipinski definition) is 5. The van der Waals surface area contributed by atoms with Crippen molar-refractivity contribution in [2.24, 2.45) is 72.4 Å². The zero-order valence-corrected chi connectivity index (χ0v) is 55.4. The van der Waals surface area contributed by atoms with Crippen molar-refractivity contribution >= 4 is 0 Å². The van der Waals surface area contributed by atoms with Gasteiger partial charge in [0.25, 0.3) is 0 Å². The van der Waals surface area contributed by atoms with Crippen molar-refractivity contribution < 1.29 is 23.7 Å². The smallest absolute Gasteiger partial charge is 0.0681 e. The van der Waals surface area contributed by atoms with Gasteiger partial charge in [0.15, 0.2) is 0 Å². The topological polar surface area (TPSA) is 46.2 Å². The van der Waals surface area contributed by atoms with Crippen molar-refractivity contribution in [2.75, 3.05) is 46.2 Å². The zero-order valence-electron chi connectivity index (χ0n) is 55.4. The standard InChI is InChI=1S/C18H30O.C17H32O.C16H28O.C12H24O.C11H22O/c1-2-19-16-15-12-14(18(16)10-6-7-11-18)13-17(15)8-4-3-5-9-17;1-6-18-14-15(2,3)12-13-17(16(14,4)5)10-8-7-9-11-17;1-4-17-14-13-10-12(15(14,2)3)11-16(13)8-6-5-7-9-16;1-3-13-11-12(2)9-7-5-4-6-8-10-12;1-3-12-10-11(2)8-6-4-5-7-9-11/h14-16H,2-13H2,1H3;14H,6-13H2,1-5H3;12-14H,4-11H2,1-3H3;3-11H2,1-2H3;3-10H2,1-2H3. The molecule has 79 heavy (non-hydrogen) atoms. The fourth-order valence-electron chi connectivity index (χ4n) is 21.5. The number of rotatable bonds is 12. The Morgan fingerprint density at radius 2 is 0.709 bits per heavy atom. The molecule has 0 aliphatic heterocycles. The Kier molecular flexibility index (Phi) is 24.7. The quantitative estimate of drug-likeness (QED) is 0.182. The predicted molar refractivity (Wildman–Crippen MR) is 336 cm³/mol. The summed E-state index contributed by atoms with van der Waals surface area (Å²) >= 11 is 0. The van der Waals surface area contributed by atoms with Crippen LogP contribution in [-0.4, -0.2) is 64.6 Å². The summed E-state index contributed by atoms with van der Waals surface area (Å²) in [6.07, 6.45) is 56.7. The van der Waals surface area contributed by atoms with E-state index in [0.717, 1.165) is 75.3 Å². The molecule has 4 spiro atoms. The minimum Gasteiger partial charge on any atom is -0.381 e. The van der Waals surface area contributed by atoms with Crippen LogP contribution in [0.4, 0.5) is 0 Å². The molecule has 0 radical (unpaired) electrons. The van der Waals surface area contributed by atoms with Gasteiger partial charge in [-0.3, -0.25) is 0 Å². The van der Waals surface area contributed by atoms with Gasteiger partial charge in [-0.1, -0.05) is 184 Å². The molecule has 0 amide bonds. The van der Waals surface area contributed by atoms with Crippen LogP contribution in [0.1, 0.15) is 334 Å². The molecular weight excluding hydrogens is 969 g/mol. The van der Waals surface area contributed by atoms with E-state index in [-0.39, 0.29) is 0 Å². The number of fused-ring (bicyclic) bond motifs is 7. The molecule has 11 fully saturated rings. The zero-order chi connectivity index (χ0) is 56.9. The average Bonchev–Trinajstić information content (AvgIpc) is 4.23. The van der Waals surface area contributed by atoms with E-state index < -0.39 is 0 Å². The van der Waals surface area contributed by atoms with E-state index in [1.54, 1.807) is 6.42 Å². The maximum atomic E-state index is 6.40. The summed E-state index contributed by atoms with van der Waals surface area (Å²) in [6.45, 7) is 36.5. The summed E-state index contributed by atoms with van der Waals surface area (Å²) in [5, 5.41) is 0.